The number of aliphatic hydroxyl groups excluding tert-OH is 1. The van der Waals surface area contributed by atoms with E-state index < -0.39 is 0 Å². The largest absolute Gasteiger partial charge is 0.388 e. The van der Waals surface area contributed by atoms with Gasteiger partial charge in [-0.05, 0) is 18.1 Å². The Labute approximate surface area is 102 Å². The first-order valence-electron chi connectivity index (χ1n) is 5.75. The molecule has 0 bridgehead atoms. The van der Waals surface area contributed by atoms with Gasteiger partial charge in [-0.15, -0.1) is 5.10 Å². The minimum atomic E-state index is -0.342. The molecule has 2 N–H and O–H groups in total. The maximum absolute atomic E-state index is 11.9. The predicted molar refractivity (Wildman–Crippen MR) is 66.4 cm³/mol. The molecular formula is C12H12N4O2. The standard InChI is InChI=1S/C12H12N4O2/c1-2-7-4-3-5-8-10(7)14-12(18)16-11(8)13-9(6-17)15-16/h3-5,17H,2,6H2,1H3,(H,14,18). The molecule has 0 aliphatic heterocycles. The third-order valence-electron chi connectivity index (χ3n) is 2.99. The highest BCUT2D eigenvalue weighted by molar-refractivity contribution is 5.92. The average molecular weight is 244 g/mol. The molecular weight excluding hydrogens is 232 g/mol. The molecule has 0 amide bonds. The molecule has 18 heavy (non-hydrogen) atoms. The minimum Gasteiger partial charge on any atom is -0.388 e. The molecule has 2 heterocycles. The van der Waals surface area contributed by atoms with E-state index in [0.717, 1.165) is 22.9 Å². The number of aromatic amines is 1. The Morgan fingerprint density at radius 1 is 1.44 bits per heavy atom. The average Bonchev–Trinajstić information content (AvgIpc) is 2.83. The predicted octanol–water partition coefficient (Wildman–Crippen LogP) is 0.625. The van der Waals surface area contributed by atoms with Gasteiger partial charge in [0.25, 0.3) is 0 Å². The second-order valence-corrected chi connectivity index (χ2v) is 4.04. The van der Waals surface area contributed by atoms with Crippen molar-refractivity contribution in [1.29, 1.82) is 0 Å². The van der Waals surface area contributed by atoms with Crippen LogP contribution in [0, 0.1) is 0 Å². The highest BCUT2D eigenvalue weighted by Crippen LogP contribution is 2.19. The summed E-state index contributed by atoms with van der Waals surface area (Å²) in [6.45, 7) is 1.75. The van der Waals surface area contributed by atoms with Crippen molar-refractivity contribution in [3.05, 3.63) is 40.1 Å². The SMILES string of the molecule is CCc1cccc2c1[nH]c(=O)n1nc(CO)nc21. The van der Waals surface area contributed by atoms with Crippen LogP contribution in [0.5, 0.6) is 0 Å². The van der Waals surface area contributed by atoms with E-state index in [4.69, 9.17) is 5.11 Å². The summed E-state index contributed by atoms with van der Waals surface area (Å²) in [5.74, 6) is 0.245. The van der Waals surface area contributed by atoms with Crippen LogP contribution in [0.4, 0.5) is 0 Å². The number of para-hydroxylation sites is 1. The van der Waals surface area contributed by atoms with E-state index in [-0.39, 0.29) is 18.1 Å². The van der Waals surface area contributed by atoms with Crippen LogP contribution in [0.15, 0.2) is 23.0 Å². The molecule has 0 unspecified atom stereocenters. The van der Waals surface area contributed by atoms with Crippen LogP contribution in [-0.2, 0) is 13.0 Å². The number of aromatic nitrogens is 4. The molecule has 0 aliphatic carbocycles. The normalized spacial score (nSPS) is 11.4. The van der Waals surface area contributed by atoms with Gasteiger partial charge in [0, 0.05) is 5.39 Å². The summed E-state index contributed by atoms with van der Waals surface area (Å²) in [5.41, 5.74) is 1.98. The second kappa shape index (κ2) is 3.92. The molecule has 3 rings (SSSR count). The zero-order chi connectivity index (χ0) is 12.7. The smallest absolute Gasteiger partial charge is 0.348 e. The highest BCUT2D eigenvalue weighted by atomic mass is 16.3. The van der Waals surface area contributed by atoms with Crippen molar-refractivity contribution in [1.82, 2.24) is 19.6 Å². The Hall–Kier alpha value is -2.21. The number of rotatable bonds is 2. The molecule has 0 aliphatic rings. The number of benzene rings is 1. The summed E-state index contributed by atoms with van der Waals surface area (Å²) >= 11 is 0. The van der Waals surface area contributed by atoms with Crippen LogP contribution < -0.4 is 5.69 Å². The van der Waals surface area contributed by atoms with Crippen LogP contribution in [0.3, 0.4) is 0 Å². The number of fused-ring (bicyclic) bond motifs is 3. The molecule has 92 valence electrons. The highest BCUT2D eigenvalue weighted by Gasteiger charge is 2.11. The van der Waals surface area contributed by atoms with Crippen molar-refractivity contribution in [3.8, 4) is 0 Å². The number of nitrogens with zero attached hydrogens (tertiary/aromatic N) is 3. The van der Waals surface area contributed by atoms with Gasteiger partial charge in [0.05, 0.1) is 5.52 Å². The molecule has 0 radical (unpaired) electrons. The van der Waals surface area contributed by atoms with Gasteiger partial charge in [-0.25, -0.2) is 9.78 Å². The summed E-state index contributed by atoms with van der Waals surface area (Å²) in [6.07, 6.45) is 0.824. The summed E-state index contributed by atoms with van der Waals surface area (Å²) in [4.78, 5) is 18.9. The molecule has 6 heteroatoms. The third kappa shape index (κ3) is 1.42. The first-order chi connectivity index (χ1) is 8.74. The van der Waals surface area contributed by atoms with Gasteiger partial charge >= 0.3 is 5.69 Å². The number of hydrogen-bond acceptors (Lipinski definition) is 4. The van der Waals surface area contributed by atoms with E-state index in [9.17, 15) is 4.79 Å². The number of aryl methyl sites for hydroxylation is 1. The van der Waals surface area contributed by atoms with E-state index in [1.807, 2.05) is 25.1 Å². The molecule has 0 saturated carbocycles. The van der Waals surface area contributed by atoms with E-state index >= 15 is 0 Å². The van der Waals surface area contributed by atoms with Crippen LogP contribution in [-0.4, -0.2) is 24.7 Å². The first kappa shape index (κ1) is 10.9. The van der Waals surface area contributed by atoms with Gasteiger partial charge in [-0.2, -0.15) is 4.52 Å². The number of nitrogens with one attached hydrogen (secondary N) is 1. The third-order valence-corrected chi connectivity index (χ3v) is 2.99. The molecule has 0 spiro atoms. The van der Waals surface area contributed by atoms with Gasteiger partial charge in [-0.3, -0.25) is 0 Å². The van der Waals surface area contributed by atoms with Gasteiger partial charge in [-0.1, -0.05) is 19.1 Å². The van der Waals surface area contributed by atoms with Crippen molar-refractivity contribution in [2.24, 2.45) is 0 Å². The zero-order valence-electron chi connectivity index (χ0n) is 9.84. The van der Waals surface area contributed by atoms with Crippen molar-refractivity contribution in [2.75, 3.05) is 0 Å². The van der Waals surface area contributed by atoms with Crippen LogP contribution >= 0.6 is 0 Å². The molecule has 0 atom stereocenters. The number of hydrogen-bond donors (Lipinski definition) is 2. The molecule has 2 aromatic heterocycles. The Bertz CT molecular complexity index is 788. The summed E-state index contributed by atoms with van der Waals surface area (Å²) in [5, 5.41) is 13.8. The van der Waals surface area contributed by atoms with Crippen molar-refractivity contribution >= 4 is 16.6 Å². The summed E-state index contributed by atoms with van der Waals surface area (Å²) in [7, 11) is 0. The van der Waals surface area contributed by atoms with Crippen molar-refractivity contribution in [2.45, 2.75) is 20.0 Å². The lowest BCUT2D eigenvalue weighted by Gasteiger charge is -2.04. The van der Waals surface area contributed by atoms with Gasteiger partial charge in [0.15, 0.2) is 11.5 Å². The summed E-state index contributed by atoms with van der Waals surface area (Å²) < 4.78 is 1.19. The molecule has 3 aromatic rings. The molecule has 0 saturated heterocycles. The lowest BCUT2D eigenvalue weighted by molar-refractivity contribution is 0.271. The number of aliphatic hydroxyl groups is 1. The first-order valence-corrected chi connectivity index (χ1v) is 5.75. The quantitative estimate of drug-likeness (QED) is 0.692. The van der Waals surface area contributed by atoms with Crippen molar-refractivity contribution in [3.63, 3.8) is 0 Å². The van der Waals surface area contributed by atoms with Gasteiger partial charge in [0.2, 0.25) is 0 Å². The Kier molecular flexibility index (Phi) is 2.38. The minimum absolute atomic E-state index is 0.245. The van der Waals surface area contributed by atoms with E-state index in [1.54, 1.807) is 0 Å². The van der Waals surface area contributed by atoms with E-state index in [0.29, 0.717) is 5.65 Å². The van der Waals surface area contributed by atoms with E-state index in [2.05, 4.69) is 15.1 Å². The molecule has 6 nitrogen and oxygen atoms in total. The fourth-order valence-corrected chi connectivity index (χ4v) is 2.13. The topological polar surface area (TPSA) is 83.3 Å². The molecule has 0 fully saturated rings. The van der Waals surface area contributed by atoms with Crippen LogP contribution in [0.25, 0.3) is 16.6 Å². The summed E-state index contributed by atoms with van der Waals surface area (Å²) in [6, 6.07) is 5.78. The fourth-order valence-electron chi connectivity index (χ4n) is 2.13. The fraction of sp³-hybridized carbons (Fsp3) is 0.250. The van der Waals surface area contributed by atoms with Crippen LogP contribution in [0.1, 0.15) is 18.3 Å². The monoisotopic (exact) mass is 244 g/mol. The van der Waals surface area contributed by atoms with Crippen LogP contribution in [0.2, 0.25) is 0 Å². The van der Waals surface area contributed by atoms with Gasteiger partial charge < -0.3 is 10.1 Å². The maximum Gasteiger partial charge on any atom is 0.348 e. The lowest BCUT2D eigenvalue weighted by atomic mass is 10.1. The Morgan fingerprint density at radius 3 is 3.00 bits per heavy atom. The maximum atomic E-state index is 11.9. The second-order valence-electron chi connectivity index (χ2n) is 4.04. The zero-order valence-corrected chi connectivity index (χ0v) is 9.84. The van der Waals surface area contributed by atoms with E-state index in [1.165, 1.54) is 4.52 Å². The van der Waals surface area contributed by atoms with Crippen molar-refractivity contribution < 1.29 is 5.11 Å². The lowest BCUT2D eigenvalue weighted by Crippen LogP contribution is -2.18. The Morgan fingerprint density at radius 2 is 2.28 bits per heavy atom. The number of H-pyrrole nitrogens is 1. The Balaban J connectivity index is 2.53. The molecule has 1 aromatic carbocycles. The van der Waals surface area contributed by atoms with Gasteiger partial charge in [0.1, 0.15) is 6.61 Å².